The minimum Gasteiger partial charge on any atom is -0.463 e. The van der Waals surface area contributed by atoms with Crippen molar-refractivity contribution in [1.29, 1.82) is 5.26 Å². The molecule has 124 valence electrons. The molecule has 3 aromatic rings. The number of furan rings is 1. The van der Waals surface area contributed by atoms with Gasteiger partial charge in [0.1, 0.15) is 16.8 Å². The molecule has 7 heteroatoms. The predicted molar refractivity (Wildman–Crippen MR) is 97.5 cm³/mol. The number of rotatable bonds is 5. The average molecular weight is 370 g/mol. The van der Waals surface area contributed by atoms with Crippen LogP contribution < -0.4 is 5.32 Å². The molecule has 0 spiro atoms. The molecule has 5 nitrogen and oxygen atoms in total. The summed E-state index contributed by atoms with van der Waals surface area (Å²) < 4.78 is 5.32. The molecule has 0 saturated carbocycles. The molecule has 0 aliphatic rings. The van der Waals surface area contributed by atoms with Gasteiger partial charge in [-0.15, -0.1) is 0 Å². The highest BCUT2D eigenvalue weighted by Gasteiger charge is 2.12. The van der Waals surface area contributed by atoms with E-state index < -0.39 is 0 Å². The van der Waals surface area contributed by atoms with Gasteiger partial charge in [-0.1, -0.05) is 35.5 Å². The molecule has 3 rings (SSSR count). The normalized spacial score (nSPS) is 10.2. The highest BCUT2D eigenvalue weighted by Crippen LogP contribution is 2.26. The predicted octanol–water partition coefficient (Wildman–Crippen LogP) is 4.60. The van der Waals surface area contributed by atoms with E-state index in [0.717, 1.165) is 0 Å². The Balaban J connectivity index is 1.72. The number of halogens is 1. The first kappa shape index (κ1) is 17.1. The molecule has 2 heterocycles. The number of nitriles is 1. The van der Waals surface area contributed by atoms with E-state index in [1.807, 2.05) is 0 Å². The Labute approximate surface area is 153 Å². The van der Waals surface area contributed by atoms with Gasteiger partial charge in [0.15, 0.2) is 5.76 Å². The molecule has 0 unspecified atom stereocenters. The van der Waals surface area contributed by atoms with Crippen LogP contribution in [0, 0.1) is 11.3 Å². The second-order valence-electron chi connectivity index (χ2n) is 4.96. The van der Waals surface area contributed by atoms with Crippen LogP contribution in [0.2, 0.25) is 5.02 Å². The summed E-state index contributed by atoms with van der Waals surface area (Å²) >= 11 is 7.21. The van der Waals surface area contributed by atoms with E-state index >= 15 is 0 Å². The lowest BCUT2D eigenvalue weighted by atomic mass is 10.2. The van der Waals surface area contributed by atoms with Crippen molar-refractivity contribution in [3.8, 4) is 17.5 Å². The number of carbonyl (C=O) groups excluding carboxylic acids is 1. The van der Waals surface area contributed by atoms with Crippen molar-refractivity contribution < 1.29 is 9.21 Å². The van der Waals surface area contributed by atoms with Gasteiger partial charge in [-0.25, -0.2) is 4.98 Å². The summed E-state index contributed by atoms with van der Waals surface area (Å²) in [6, 6.07) is 16.0. The third-order valence-corrected chi connectivity index (χ3v) is 4.56. The van der Waals surface area contributed by atoms with E-state index in [0.29, 0.717) is 32.8 Å². The molecular weight excluding hydrogens is 358 g/mol. The van der Waals surface area contributed by atoms with Gasteiger partial charge in [-0.3, -0.25) is 4.79 Å². The summed E-state index contributed by atoms with van der Waals surface area (Å²) in [6.07, 6.45) is 1.55. The van der Waals surface area contributed by atoms with Crippen LogP contribution in [-0.4, -0.2) is 16.6 Å². The van der Waals surface area contributed by atoms with Crippen LogP contribution in [0.5, 0.6) is 0 Å². The number of nitrogens with one attached hydrogen (secondary N) is 1. The van der Waals surface area contributed by atoms with E-state index in [4.69, 9.17) is 16.0 Å². The third kappa shape index (κ3) is 4.21. The minimum atomic E-state index is -0.229. The zero-order chi connectivity index (χ0) is 17.6. The molecule has 25 heavy (non-hydrogen) atoms. The van der Waals surface area contributed by atoms with Gasteiger partial charge < -0.3 is 9.73 Å². The molecule has 0 saturated heterocycles. The second-order valence-corrected chi connectivity index (χ2v) is 6.33. The van der Waals surface area contributed by atoms with E-state index in [1.165, 1.54) is 11.8 Å². The summed E-state index contributed by atoms with van der Waals surface area (Å²) in [5.41, 5.74) is 1.57. The Morgan fingerprint density at radius 1 is 1.24 bits per heavy atom. The van der Waals surface area contributed by atoms with Gasteiger partial charge >= 0.3 is 0 Å². The van der Waals surface area contributed by atoms with Crippen LogP contribution in [0.1, 0.15) is 5.56 Å². The number of thioether (sulfide) groups is 1. The van der Waals surface area contributed by atoms with Crippen LogP contribution in [-0.2, 0) is 4.79 Å². The number of anilines is 1. The standard InChI is InChI=1S/C18H12ClN3O2S/c19-13-4-1-2-5-14(13)21-17(23)11-25-18-12(10-20)7-8-15(22-18)16-6-3-9-24-16/h1-9H,11H2,(H,21,23). The molecule has 0 radical (unpaired) electrons. The average Bonchev–Trinajstić information content (AvgIpc) is 3.16. The zero-order valence-corrected chi connectivity index (χ0v) is 14.5. The van der Waals surface area contributed by atoms with Gasteiger partial charge in [0, 0.05) is 0 Å². The molecule has 0 aliphatic carbocycles. The van der Waals surface area contributed by atoms with Gasteiger partial charge in [-0.05, 0) is 36.4 Å². The fourth-order valence-electron chi connectivity index (χ4n) is 2.08. The van der Waals surface area contributed by atoms with Gasteiger partial charge in [0.05, 0.1) is 28.3 Å². The largest absolute Gasteiger partial charge is 0.463 e. The highest BCUT2D eigenvalue weighted by molar-refractivity contribution is 8.00. The van der Waals surface area contributed by atoms with Crippen LogP contribution in [0.3, 0.4) is 0 Å². The number of nitrogens with zero attached hydrogens (tertiary/aromatic N) is 2. The first-order valence-corrected chi connectivity index (χ1v) is 8.66. The number of hydrogen-bond donors (Lipinski definition) is 1. The SMILES string of the molecule is N#Cc1ccc(-c2ccco2)nc1SCC(=O)Nc1ccccc1Cl. The smallest absolute Gasteiger partial charge is 0.234 e. The maximum atomic E-state index is 12.1. The monoisotopic (exact) mass is 369 g/mol. The number of carbonyl (C=O) groups is 1. The Bertz CT molecular complexity index is 936. The molecular formula is C18H12ClN3O2S. The molecule has 0 fully saturated rings. The third-order valence-electron chi connectivity index (χ3n) is 3.24. The number of amides is 1. The minimum absolute atomic E-state index is 0.106. The fraction of sp³-hybridized carbons (Fsp3) is 0.0556. The molecule has 0 bridgehead atoms. The Hall–Kier alpha value is -2.75. The van der Waals surface area contributed by atoms with Gasteiger partial charge in [0.2, 0.25) is 5.91 Å². The number of benzene rings is 1. The van der Waals surface area contributed by atoms with E-state index in [1.54, 1.807) is 54.8 Å². The molecule has 2 aromatic heterocycles. The summed E-state index contributed by atoms with van der Waals surface area (Å²) in [7, 11) is 0. The lowest BCUT2D eigenvalue weighted by molar-refractivity contribution is -0.113. The number of para-hydroxylation sites is 1. The van der Waals surface area contributed by atoms with E-state index in [9.17, 15) is 10.1 Å². The van der Waals surface area contributed by atoms with Crippen molar-refractivity contribution in [3.05, 3.63) is 65.4 Å². The van der Waals surface area contributed by atoms with Crippen LogP contribution in [0.4, 0.5) is 5.69 Å². The first-order valence-electron chi connectivity index (χ1n) is 7.29. The quantitative estimate of drug-likeness (QED) is 0.665. The number of aromatic nitrogens is 1. The first-order chi connectivity index (χ1) is 12.2. The van der Waals surface area contributed by atoms with Crippen molar-refractivity contribution in [2.24, 2.45) is 0 Å². The molecule has 0 atom stereocenters. The zero-order valence-electron chi connectivity index (χ0n) is 12.9. The summed E-state index contributed by atoms with van der Waals surface area (Å²) in [5, 5.41) is 12.9. The van der Waals surface area contributed by atoms with Crippen molar-refractivity contribution in [2.75, 3.05) is 11.1 Å². The summed E-state index contributed by atoms with van der Waals surface area (Å²) in [4.78, 5) is 16.6. The Morgan fingerprint density at radius 2 is 2.08 bits per heavy atom. The topological polar surface area (TPSA) is 78.9 Å². The van der Waals surface area contributed by atoms with Crippen molar-refractivity contribution in [2.45, 2.75) is 5.03 Å². The second kappa shape index (κ2) is 7.88. The number of hydrogen-bond acceptors (Lipinski definition) is 5. The highest BCUT2D eigenvalue weighted by atomic mass is 35.5. The van der Waals surface area contributed by atoms with Crippen LogP contribution in [0.15, 0.2) is 64.2 Å². The Morgan fingerprint density at radius 3 is 2.80 bits per heavy atom. The maximum absolute atomic E-state index is 12.1. The summed E-state index contributed by atoms with van der Waals surface area (Å²) in [5.74, 6) is 0.480. The lowest BCUT2D eigenvalue weighted by Crippen LogP contribution is -2.14. The van der Waals surface area contributed by atoms with Crippen molar-refractivity contribution in [3.63, 3.8) is 0 Å². The lowest BCUT2D eigenvalue weighted by Gasteiger charge is -2.08. The molecule has 1 N–H and O–H groups in total. The molecule has 0 aliphatic heterocycles. The number of pyridine rings is 1. The van der Waals surface area contributed by atoms with Gasteiger partial charge in [0.25, 0.3) is 0 Å². The fourth-order valence-corrected chi connectivity index (χ4v) is 3.03. The summed E-state index contributed by atoms with van der Waals surface area (Å²) in [6.45, 7) is 0. The van der Waals surface area contributed by atoms with Gasteiger partial charge in [-0.2, -0.15) is 5.26 Å². The Kier molecular flexibility index (Phi) is 5.39. The molecule has 1 aromatic carbocycles. The van der Waals surface area contributed by atoms with Crippen molar-refractivity contribution >= 4 is 35.0 Å². The van der Waals surface area contributed by atoms with Crippen LogP contribution >= 0.6 is 23.4 Å². The van der Waals surface area contributed by atoms with Crippen LogP contribution in [0.25, 0.3) is 11.5 Å². The maximum Gasteiger partial charge on any atom is 0.234 e. The van der Waals surface area contributed by atoms with E-state index in [-0.39, 0.29) is 11.7 Å². The van der Waals surface area contributed by atoms with Crippen molar-refractivity contribution in [1.82, 2.24) is 4.98 Å². The van der Waals surface area contributed by atoms with E-state index in [2.05, 4.69) is 16.4 Å². The molecule has 1 amide bonds.